The van der Waals surface area contributed by atoms with Crippen LogP contribution < -0.4 is 0 Å². The fourth-order valence-corrected chi connectivity index (χ4v) is 0.657. The van der Waals surface area contributed by atoms with Crippen LogP contribution in [0.5, 0.6) is 0 Å². The molecule has 0 aromatic rings. The highest BCUT2D eigenvalue weighted by Gasteiger charge is 2.08. The Labute approximate surface area is 64.8 Å². The minimum atomic E-state index is 0.0289. The summed E-state index contributed by atoms with van der Waals surface area (Å²) in [5, 5.41) is 0. The number of ether oxygens (including phenoxy) is 1. The number of unbranched alkanes of at least 4 members (excludes halogenated alkanes) is 2. The van der Waals surface area contributed by atoms with Gasteiger partial charge in [-0.25, -0.2) is 0 Å². The predicted octanol–water partition coefficient (Wildman–Crippen LogP) is 2.81. The standard InChI is InChI=1S/C9H19O/c1-5-6-7-8-10-9(2,3)4/h1,5-8H2,2-4H3. The van der Waals surface area contributed by atoms with Gasteiger partial charge in [-0.3, -0.25) is 0 Å². The van der Waals surface area contributed by atoms with E-state index in [1.165, 1.54) is 6.42 Å². The highest BCUT2D eigenvalue weighted by molar-refractivity contribution is 4.58. The molecule has 0 N–H and O–H groups in total. The molecule has 0 aliphatic carbocycles. The average molecular weight is 143 g/mol. The lowest BCUT2D eigenvalue weighted by Gasteiger charge is -2.19. The van der Waals surface area contributed by atoms with Crippen LogP contribution in [0.25, 0.3) is 0 Å². The molecule has 0 aliphatic heterocycles. The number of rotatable bonds is 4. The van der Waals surface area contributed by atoms with Crippen LogP contribution in [0.1, 0.15) is 40.0 Å². The van der Waals surface area contributed by atoms with E-state index in [2.05, 4.69) is 27.7 Å². The molecule has 0 amide bonds. The van der Waals surface area contributed by atoms with Gasteiger partial charge >= 0.3 is 0 Å². The van der Waals surface area contributed by atoms with E-state index in [0.717, 1.165) is 19.4 Å². The molecule has 0 bridgehead atoms. The molecule has 0 heterocycles. The van der Waals surface area contributed by atoms with Gasteiger partial charge in [-0.1, -0.05) is 19.8 Å². The lowest BCUT2D eigenvalue weighted by Crippen LogP contribution is -2.19. The Bertz CT molecular complexity index is 71.3. The Morgan fingerprint density at radius 1 is 1.20 bits per heavy atom. The van der Waals surface area contributed by atoms with Gasteiger partial charge in [0.15, 0.2) is 0 Å². The summed E-state index contributed by atoms with van der Waals surface area (Å²) in [6.45, 7) is 10.9. The summed E-state index contributed by atoms with van der Waals surface area (Å²) < 4.78 is 5.50. The molecule has 10 heavy (non-hydrogen) atoms. The summed E-state index contributed by atoms with van der Waals surface area (Å²) in [6, 6.07) is 0. The van der Waals surface area contributed by atoms with E-state index in [-0.39, 0.29) is 5.60 Å². The minimum Gasteiger partial charge on any atom is -0.376 e. The Morgan fingerprint density at radius 2 is 1.80 bits per heavy atom. The van der Waals surface area contributed by atoms with Gasteiger partial charge in [0, 0.05) is 6.61 Å². The highest BCUT2D eigenvalue weighted by atomic mass is 16.5. The molecule has 0 aromatic carbocycles. The smallest absolute Gasteiger partial charge is 0.0598 e. The first-order valence-electron chi connectivity index (χ1n) is 3.99. The molecule has 0 rings (SSSR count). The molecule has 61 valence electrons. The first-order valence-corrected chi connectivity index (χ1v) is 3.99. The summed E-state index contributed by atoms with van der Waals surface area (Å²) in [7, 11) is 0. The van der Waals surface area contributed by atoms with Gasteiger partial charge in [0.1, 0.15) is 0 Å². The molecule has 0 aromatic heterocycles. The quantitative estimate of drug-likeness (QED) is 0.550. The second-order valence-corrected chi connectivity index (χ2v) is 3.52. The summed E-state index contributed by atoms with van der Waals surface area (Å²) in [5.41, 5.74) is 0.0289. The van der Waals surface area contributed by atoms with Crippen molar-refractivity contribution < 1.29 is 4.74 Å². The van der Waals surface area contributed by atoms with Crippen molar-refractivity contribution in [1.82, 2.24) is 0 Å². The normalized spacial score (nSPS) is 12.0. The molecule has 0 atom stereocenters. The zero-order valence-electron chi connectivity index (χ0n) is 7.44. The third-order valence-corrected chi connectivity index (χ3v) is 1.18. The molecule has 0 saturated carbocycles. The van der Waals surface area contributed by atoms with E-state index in [1.54, 1.807) is 0 Å². The summed E-state index contributed by atoms with van der Waals surface area (Å²) in [4.78, 5) is 0. The van der Waals surface area contributed by atoms with Gasteiger partial charge in [0.25, 0.3) is 0 Å². The Kier molecular flexibility index (Phi) is 4.71. The van der Waals surface area contributed by atoms with Crippen LogP contribution in [0.4, 0.5) is 0 Å². The Hall–Kier alpha value is -0.0400. The minimum absolute atomic E-state index is 0.0289. The van der Waals surface area contributed by atoms with Crippen molar-refractivity contribution in [1.29, 1.82) is 0 Å². The number of hydrogen-bond donors (Lipinski definition) is 0. The second kappa shape index (κ2) is 4.73. The van der Waals surface area contributed by atoms with E-state index in [0.29, 0.717) is 0 Å². The zero-order valence-corrected chi connectivity index (χ0v) is 7.44. The van der Waals surface area contributed by atoms with E-state index in [1.807, 2.05) is 0 Å². The lowest BCUT2D eigenvalue weighted by atomic mass is 10.2. The van der Waals surface area contributed by atoms with Gasteiger partial charge in [0.2, 0.25) is 0 Å². The maximum Gasteiger partial charge on any atom is 0.0598 e. The van der Waals surface area contributed by atoms with E-state index in [9.17, 15) is 0 Å². The summed E-state index contributed by atoms with van der Waals surface area (Å²) >= 11 is 0. The maximum atomic E-state index is 5.50. The van der Waals surface area contributed by atoms with Crippen molar-refractivity contribution >= 4 is 0 Å². The van der Waals surface area contributed by atoms with Crippen molar-refractivity contribution in [2.45, 2.75) is 45.6 Å². The van der Waals surface area contributed by atoms with Crippen LogP contribution in [0.3, 0.4) is 0 Å². The van der Waals surface area contributed by atoms with Crippen molar-refractivity contribution in [2.75, 3.05) is 6.61 Å². The van der Waals surface area contributed by atoms with Crippen molar-refractivity contribution in [3.05, 3.63) is 6.92 Å². The van der Waals surface area contributed by atoms with Gasteiger partial charge in [-0.05, 0) is 27.2 Å². The third-order valence-electron chi connectivity index (χ3n) is 1.18. The molecule has 1 heteroatoms. The molecule has 0 saturated heterocycles. The number of hydrogen-bond acceptors (Lipinski definition) is 1. The van der Waals surface area contributed by atoms with Crippen molar-refractivity contribution in [3.63, 3.8) is 0 Å². The molecule has 0 fully saturated rings. The fourth-order valence-electron chi connectivity index (χ4n) is 0.657. The third kappa shape index (κ3) is 7.96. The van der Waals surface area contributed by atoms with Gasteiger partial charge in [-0.2, -0.15) is 0 Å². The summed E-state index contributed by atoms with van der Waals surface area (Å²) in [5.74, 6) is 0. The Morgan fingerprint density at radius 3 is 2.20 bits per heavy atom. The van der Waals surface area contributed by atoms with E-state index >= 15 is 0 Å². The van der Waals surface area contributed by atoms with Crippen LogP contribution in [0.2, 0.25) is 0 Å². The highest BCUT2D eigenvalue weighted by Crippen LogP contribution is 2.07. The van der Waals surface area contributed by atoms with Crippen molar-refractivity contribution in [3.8, 4) is 0 Å². The van der Waals surface area contributed by atoms with E-state index < -0.39 is 0 Å². The second-order valence-electron chi connectivity index (χ2n) is 3.52. The molecule has 1 radical (unpaired) electrons. The maximum absolute atomic E-state index is 5.50. The van der Waals surface area contributed by atoms with Crippen LogP contribution >= 0.6 is 0 Å². The van der Waals surface area contributed by atoms with Crippen LogP contribution in [-0.2, 0) is 4.74 Å². The SMILES string of the molecule is [CH2]CCCCOC(C)(C)C. The predicted molar refractivity (Wildman–Crippen MR) is 44.9 cm³/mol. The molecule has 1 nitrogen and oxygen atoms in total. The van der Waals surface area contributed by atoms with E-state index in [4.69, 9.17) is 4.74 Å². The summed E-state index contributed by atoms with van der Waals surface area (Å²) in [6.07, 6.45) is 3.34. The molecule has 0 spiro atoms. The Balaban J connectivity index is 3.04. The fraction of sp³-hybridized carbons (Fsp3) is 0.889. The van der Waals surface area contributed by atoms with Gasteiger partial charge < -0.3 is 4.74 Å². The van der Waals surface area contributed by atoms with Crippen molar-refractivity contribution in [2.24, 2.45) is 0 Å². The van der Waals surface area contributed by atoms with Crippen LogP contribution in [0.15, 0.2) is 0 Å². The molecular weight excluding hydrogens is 124 g/mol. The molecule has 0 unspecified atom stereocenters. The average Bonchev–Trinajstić information content (AvgIpc) is 1.78. The largest absolute Gasteiger partial charge is 0.376 e. The lowest BCUT2D eigenvalue weighted by molar-refractivity contribution is -0.00448. The monoisotopic (exact) mass is 143 g/mol. The van der Waals surface area contributed by atoms with Gasteiger partial charge in [-0.15, -0.1) is 0 Å². The van der Waals surface area contributed by atoms with Crippen LogP contribution in [-0.4, -0.2) is 12.2 Å². The van der Waals surface area contributed by atoms with Gasteiger partial charge in [0.05, 0.1) is 5.60 Å². The molecule has 0 aliphatic rings. The first kappa shape index (κ1) is 9.96. The molecular formula is C9H19O. The topological polar surface area (TPSA) is 9.23 Å². The van der Waals surface area contributed by atoms with Crippen LogP contribution in [0, 0.1) is 6.92 Å². The zero-order chi connectivity index (χ0) is 8.04. The first-order chi connectivity index (χ1) is 4.56.